The van der Waals surface area contributed by atoms with E-state index < -0.39 is 5.79 Å². The van der Waals surface area contributed by atoms with Gasteiger partial charge in [-0.25, -0.2) is 0 Å². The number of hydrogen-bond acceptors (Lipinski definition) is 4. The van der Waals surface area contributed by atoms with Gasteiger partial charge in [-0.15, -0.1) is 0 Å². The molecule has 1 aliphatic rings. The number of aromatic nitrogens is 1. The van der Waals surface area contributed by atoms with E-state index in [0.717, 1.165) is 13.0 Å². The third-order valence-electron chi connectivity index (χ3n) is 3.13. The van der Waals surface area contributed by atoms with Crippen molar-refractivity contribution in [3.8, 4) is 0 Å². The molecule has 0 aliphatic carbocycles. The molecule has 1 fully saturated rings. The van der Waals surface area contributed by atoms with Crippen molar-refractivity contribution in [1.29, 1.82) is 0 Å². The predicted octanol–water partition coefficient (Wildman–Crippen LogP) is 1.89. The fourth-order valence-electron chi connectivity index (χ4n) is 1.99. The van der Waals surface area contributed by atoms with Gasteiger partial charge in [0.2, 0.25) is 0 Å². The summed E-state index contributed by atoms with van der Waals surface area (Å²) in [5.74, 6) is -0.398. The second kappa shape index (κ2) is 5.58. The van der Waals surface area contributed by atoms with E-state index in [-0.39, 0.29) is 0 Å². The lowest BCUT2D eigenvalue weighted by molar-refractivity contribution is -0.145. The Labute approximate surface area is 102 Å². The molecule has 0 aromatic carbocycles. The van der Waals surface area contributed by atoms with Gasteiger partial charge in [0.1, 0.15) is 0 Å². The average Bonchev–Trinajstić information content (AvgIpc) is 2.77. The van der Waals surface area contributed by atoms with Gasteiger partial charge in [-0.3, -0.25) is 4.98 Å². The summed E-state index contributed by atoms with van der Waals surface area (Å²) in [6.45, 7) is 6.43. The highest BCUT2D eigenvalue weighted by Crippen LogP contribution is 2.22. The van der Waals surface area contributed by atoms with Crippen LogP contribution in [0.4, 0.5) is 0 Å². The Morgan fingerprint density at radius 3 is 2.65 bits per heavy atom. The van der Waals surface area contributed by atoms with Gasteiger partial charge in [-0.1, -0.05) is 0 Å². The lowest BCUT2D eigenvalue weighted by Crippen LogP contribution is -2.32. The third-order valence-corrected chi connectivity index (χ3v) is 3.13. The summed E-state index contributed by atoms with van der Waals surface area (Å²) in [7, 11) is 0. The van der Waals surface area contributed by atoms with Crippen LogP contribution < -0.4 is 5.32 Å². The van der Waals surface area contributed by atoms with Crippen LogP contribution in [0.25, 0.3) is 0 Å². The number of pyridine rings is 1. The first-order valence-electron chi connectivity index (χ1n) is 6.11. The fraction of sp³-hybridized carbons (Fsp3) is 0.615. The lowest BCUT2D eigenvalue weighted by Gasteiger charge is -2.23. The Balaban J connectivity index is 1.75. The monoisotopic (exact) mass is 236 g/mol. The number of nitrogens with one attached hydrogen (secondary N) is 1. The van der Waals surface area contributed by atoms with Crippen LogP contribution in [0.2, 0.25) is 0 Å². The normalized spacial score (nSPS) is 20.4. The van der Waals surface area contributed by atoms with E-state index in [1.807, 2.05) is 31.5 Å². The predicted molar refractivity (Wildman–Crippen MR) is 65.6 cm³/mol. The van der Waals surface area contributed by atoms with Gasteiger partial charge in [0.05, 0.1) is 13.2 Å². The number of ether oxygens (including phenoxy) is 2. The largest absolute Gasteiger partial charge is 0.348 e. The molecule has 1 atom stereocenters. The lowest BCUT2D eigenvalue weighted by atomic mass is 10.1. The fourth-order valence-corrected chi connectivity index (χ4v) is 1.99. The zero-order valence-corrected chi connectivity index (χ0v) is 10.5. The smallest absolute Gasteiger partial charge is 0.166 e. The van der Waals surface area contributed by atoms with Gasteiger partial charge in [0.15, 0.2) is 5.79 Å². The maximum Gasteiger partial charge on any atom is 0.166 e. The molecule has 1 unspecified atom stereocenters. The van der Waals surface area contributed by atoms with E-state index in [2.05, 4.69) is 17.2 Å². The van der Waals surface area contributed by atoms with Crippen LogP contribution in [0.15, 0.2) is 24.5 Å². The van der Waals surface area contributed by atoms with Crippen molar-refractivity contribution in [1.82, 2.24) is 10.3 Å². The SMILES string of the molecule is CC(NCCC1(C)OCCO1)c1ccncc1. The molecule has 2 rings (SSSR count). The molecule has 94 valence electrons. The zero-order chi connectivity index (χ0) is 12.1. The molecule has 2 heterocycles. The quantitative estimate of drug-likeness (QED) is 0.847. The summed E-state index contributed by atoms with van der Waals surface area (Å²) >= 11 is 0. The maximum absolute atomic E-state index is 5.56. The van der Waals surface area contributed by atoms with Gasteiger partial charge in [0.25, 0.3) is 0 Å². The van der Waals surface area contributed by atoms with Gasteiger partial charge >= 0.3 is 0 Å². The highest BCUT2D eigenvalue weighted by atomic mass is 16.7. The minimum absolute atomic E-state index is 0.322. The van der Waals surface area contributed by atoms with Crippen molar-refractivity contribution in [2.45, 2.75) is 32.1 Å². The van der Waals surface area contributed by atoms with Gasteiger partial charge in [0, 0.05) is 31.4 Å². The van der Waals surface area contributed by atoms with Crippen LogP contribution >= 0.6 is 0 Å². The molecule has 0 radical (unpaired) electrons. The molecule has 4 heteroatoms. The minimum Gasteiger partial charge on any atom is -0.348 e. The van der Waals surface area contributed by atoms with Crippen LogP contribution in [0, 0.1) is 0 Å². The molecular weight excluding hydrogens is 216 g/mol. The Hall–Kier alpha value is -0.970. The van der Waals surface area contributed by atoms with Crippen molar-refractivity contribution in [2.75, 3.05) is 19.8 Å². The highest BCUT2D eigenvalue weighted by Gasteiger charge is 2.30. The Morgan fingerprint density at radius 2 is 2.00 bits per heavy atom. The van der Waals surface area contributed by atoms with E-state index in [4.69, 9.17) is 9.47 Å². The summed E-state index contributed by atoms with van der Waals surface area (Å²) < 4.78 is 11.1. The van der Waals surface area contributed by atoms with E-state index in [9.17, 15) is 0 Å². The van der Waals surface area contributed by atoms with Gasteiger partial charge in [-0.05, 0) is 31.5 Å². The van der Waals surface area contributed by atoms with E-state index in [0.29, 0.717) is 19.3 Å². The minimum atomic E-state index is -0.398. The molecule has 0 saturated carbocycles. The first-order chi connectivity index (χ1) is 8.20. The summed E-state index contributed by atoms with van der Waals surface area (Å²) in [5.41, 5.74) is 1.25. The molecule has 0 amide bonds. The van der Waals surface area contributed by atoms with Gasteiger partial charge in [-0.2, -0.15) is 0 Å². The average molecular weight is 236 g/mol. The van der Waals surface area contributed by atoms with Crippen LogP contribution in [-0.4, -0.2) is 30.5 Å². The Bertz CT molecular complexity index is 337. The van der Waals surface area contributed by atoms with Crippen molar-refractivity contribution in [2.24, 2.45) is 0 Å². The molecule has 0 spiro atoms. The van der Waals surface area contributed by atoms with Gasteiger partial charge < -0.3 is 14.8 Å². The number of nitrogens with zero attached hydrogens (tertiary/aromatic N) is 1. The second-order valence-electron chi connectivity index (χ2n) is 4.54. The van der Waals surface area contributed by atoms with Crippen LogP contribution in [0.5, 0.6) is 0 Å². The van der Waals surface area contributed by atoms with Crippen molar-refractivity contribution < 1.29 is 9.47 Å². The third kappa shape index (κ3) is 3.49. The molecule has 1 N–H and O–H groups in total. The molecule has 1 aromatic rings. The Morgan fingerprint density at radius 1 is 1.35 bits per heavy atom. The van der Waals surface area contributed by atoms with E-state index in [1.54, 1.807) is 0 Å². The standard InChI is InChI=1S/C13H20N2O2/c1-11(12-3-6-14-7-4-12)15-8-5-13(2)16-9-10-17-13/h3-4,6-7,11,15H,5,8-10H2,1-2H3. The van der Waals surface area contributed by atoms with Crippen molar-refractivity contribution in [3.05, 3.63) is 30.1 Å². The summed E-state index contributed by atoms with van der Waals surface area (Å²) in [6.07, 6.45) is 4.50. The first-order valence-corrected chi connectivity index (χ1v) is 6.11. The molecule has 1 saturated heterocycles. The Kier molecular flexibility index (Phi) is 4.10. The van der Waals surface area contributed by atoms with Crippen LogP contribution in [-0.2, 0) is 9.47 Å². The number of rotatable bonds is 5. The van der Waals surface area contributed by atoms with Crippen molar-refractivity contribution >= 4 is 0 Å². The molecule has 0 bridgehead atoms. The highest BCUT2D eigenvalue weighted by molar-refractivity contribution is 5.13. The molecule has 17 heavy (non-hydrogen) atoms. The second-order valence-corrected chi connectivity index (χ2v) is 4.54. The van der Waals surface area contributed by atoms with E-state index >= 15 is 0 Å². The zero-order valence-electron chi connectivity index (χ0n) is 10.5. The van der Waals surface area contributed by atoms with Crippen molar-refractivity contribution in [3.63, 3.8) is 0 Å². The topological polar surface area (TPSA) is 43.4 Å². The van der Waals surface area contributed by atoms with E-state index in [1.165, 1.54) is 5.56 Å². The maximum atomic E-state index is 5.56. The van der Waals surface area contributed by atoms with Crippen LogP contribution in [0.3, 0.4) is 0 Å². The first kappa shape index (κ1) is 12.5. The van der Waals surface area contributed by atoms with Crippen LogP contribution in [0.1, 0.15) is 31.9 Å². The molecule has 4 nitrogen and oxygen atoms in total. The summed E-state index contributed by atoms with van der Waals surface area (Å²) in [4.78, 5) is 4.01. The molecular formula is C13H20N2O2. The molecule has 1 aromatic heterocycles. The summed E-state index contributed by atoms with van der Waals surface area (Å²) in [6, 6.07) is 4.38. The summed E-state index contributed by atoms with van der Waals surface area (Å²) in [5, 5.41) is 3.46. The number of hydrogen-bond donors (Lipinski definition) is 1. The molecule has 1 aliphatic heterocycles.